The fourth-order valence-electron chi connectivity index (χ4n) is 2.42. The highest BCUT2D eigenvalue weighted by molar-refractivity contribution is 9.10. The molecule has 1 aliphatic carbocycles. The molecule has 3 nitrogen and oxygen atoms in total. The van der Waals surface area contributed by atoms with Crippen LogP contribution < -0.4 is 5.32 Å². The van der Waals surface area contributed by atoms with Crippen LogP contribution >= 0.6 is 15.9 Å². The van der Waals surface area contributed by atoms with Crippen molar-refractivity contribution in [3.8, 4) is 0 Å². The van der Waals surface area contributed by atoms with Crippen LogP contribution in [0.15, 0.2) is 45.5 Å². The van der Waals surface area contributed by atoms with Crippen molar-refractivity contribution in [3.05, 3.63) is 58.0 Å². The molecule has 1 fully saturated rings. The number of hydrogen-bond acceptors (Lipinski definition) is 3. The molecule has 1 heterocycles. The van der Waals surface area contributed by atoms with E-state index in [-0.39, 0.29) is 0 Å². The lowest BCUT2D eigenvalue weighted by Crippen LogP contribution is -2.20. The number of nitrogens with one attached hydrogen (secondary N) is 1. The summed E-state index contributed by atoms with van der Waals surface area (Å²) in [5.74, 6) is 1.07. The van der Waals surface area contributed by atoms with Gasteiger partial charge in [0.1, 0.15) is 5.76 Å². The highest BCUT2D eigenvalue weighted by atomic mass is 79.9. The topological polar surface area (TPSA) is 28.4 Å². The van der Waals surface area contributed by atoms with Gasteiger partial charge in [-0.1, -0.05) is 34.1 Å². The molecule has 0 amide bonds. The summed E-state index contributed by atoms with van der Waals surface area (Å²) in [6.45, 7) is 2.65. The van der Waals surface area contributed by atoms with Crippen LogP contribution in [-0.4, -0.2) is 18.0 Å². The minimum atomic E-state index is 0.728. The van der Waals surface area contributed by atoms with Crippen LogP contribution in [0.1, 0.15) is 29.7 Å². The number of furan rings is 1. The first-order valence-corrected chi connectivity index (χ1v) is 8.22. The minimum absolute atomic E-state index is 0.728. The van der Waals surface area contributed by atoms with Crippen LogP contribution in [0.2, 0.25) is 0 Å². The Balaban J connectivity index is 1.58. The summed E-state index contributed by atoms with van der Waals surface area (Å²) in [6, 6.07) is 11.2. The molecule has 112 valence electrons. The van der Waals surface area contributed by atoms with Crippen molar-refractivity contribution in [2.24, 2.45) is 0 Å². The van der Waals surface area contributed by atoms with Gasteiger partial charge in [0, 0.05) is 29.2 Å². The summed E-state index contributed by atoms with van der Waals surface area (Å²) in [4.78, 5) is 2.28. The second kappa shape index (κ2) is 6.77. The lowest BCUT2D eigenvalue weighted by molar-refractivity contribution is 0.285. The lowest BCUT2D eigenvalue weighted by atomic mass is 10.2. The molecule has 1 aromatic heterocycles. The summed E-state index contributed by atoms with van der Waals surface area (Å²) in [5, 5.41) is 3.55. The first kappa shape index (κ1) is 14.8. The van der Waals surface area contributed by atoms with Crippen molar-refractivity contribution in [2.45, 2.75) is 38.5 Å². The highest BCUT2D eigenvalue weighted by Gasteiger charge is 2.21. The van der Waals surface area contributed by atoms with Crippen LogP contribution in [-0.2, 0) is 19.6 Å². The van der Waals surface area contributed by atoms with Gasteiger partial charge >= 0.3 is 0 Å². The van der Waals surface area contributed by atoms with Crippen LogP contribution in [0.3, 0.4) is 0 Å². The molecular formula is C17H21BrN2O. The van der Waals surface area contributed by atoms with Crippen molar-refractivity contribution < 1.29 is 4.42 Å². The molecule has 2 aromatic rings. The van der Waals surface area contributed by atoms with Gasteiger partial charge in [0.05, 0.1) is 12.8 Å². The van der Waals surface area contributed by atoms with E-state index < -0.39 is 0 Å². The third-order valence-electron chi connectivity index (χ3n) is 3.81. The van der Waals surface area contributed by atoms with E-state index >= 15 is 0 Å². The Bertz CT molecular complexity index is 592. The van der Waals surface area contributed by atoms with Crippen molar-refractivity contribution in [1.82, 2.24) is 10.2 Å². The lowest BCUT2D eigenvalue weighted by Gasteiger charge is -2.17. The van der Waals surface area contributed by atoms with E-state index in [1.807, 2.05) is 6.07 Å². The summed E-state index contributed by atoms with van der Waals surface area (Å²) >= 11 is 3.60. The Morgan fingerprint density at radius 2 is 2.00 bits per heavy atom. The monoisotopic (exact) mass is 348 g/mol. The number of halogens is 1. The molecule has 1 N–H and O–H groups in total. The van der Waals surface area contributed by atoms with Crippen molar-refractivity contribution in [3.63, 3.8) is 0 Å². The van der Waals surface area contributed by atoms with E-state index in [0.717, 1.165) is 35.9 Å². The number of benzene rings is 1. The quantitative estimate of drug-likeness (QED) is 0.821. The van der Waals surface area contributed by atoms with E-state index in [4.69, 9.17) is 4.42 Å². The Hall–Kier alpha value is -1.10. The average molecular weight is 349 g/mol. The van der Waals surface area contributed by atoms with E-state index in [1.165, 1.54) is 24.0 Å². The molecule has 0 aliphatic heterocycles. The SMILES string of the molecule is CN(Cc1ccccc1Br)Cc1occc1CNC1CC1. The number of rotatable bonds is 7. The molecule has 1 saturated carbocycles. The largest absolute Gasteiger partial charge is 0.468 e. The van der Waals surface area contributed by atoms with Crippen molar-refractivity contribution in [2.75, 3.05) is 7.05 Å². The third kappa shape index (κ3) is 4.19. The molecule has 0 spiro atoms. The summed E-state index contributed by atoms with van der Waals surface area (Å²) in [5.41, 5.74) is 2.57. The molecule has 4 heteroatoms. The molecule has 3 rings (SSSR count). The smallest absolute Gasteiger partial charge is 0.122 e. The van der Waals surface area contributed by atoms with Gasteiger partial charge in [-0.2, -0.15) is 0 Å². The molecule has 0 saturated heterocycles. The van der Waals surface area contributed by atoms with Gasteiger partial charge in [0.15, 0.2) is 0 Å². The second-order valence-corrected chi connectivity index (χ2v) is 6.64. The van der Waals surface area contributed by atoms with Gasteiger partial charge in [-0.05, 0) is 37.6 Å². The van der Waals surface area contributed by atoms with Gasteiger partial charge in [0.25, 0.3) is 0 Å². The van der Waals surface area contributed by atoms with E-state index in [0.29, 0.717) is 0 Å². The zero-order chi connectivity index (χ0) is 14.7. The number of nitrogens with zero attached hydrogens (tertiary/aromatic N) is 1. The standard InChI is InChI=1S/C17H21BrN2O/c1-20(11-14-4-2-3-5-16(14)18)12-17-13(8-9-21-17)10-19-15-6-7-15/h2-5,8-9,15,19H,6-7,10-12H2,1H3. The Morgan fingerprint density at radius 1 is 1.19 bits per heavy atom. The average Bonchev–Trinajstić information content (AvgIpc) is 3.20. The predicted octanol–water partition coefficient (Wildman–Crippen LogP) is 3.93. The van der Waals surface area contributed by atoms with Crippen LogP contribution in [0.5, 0.6) is 0 Å². The molecule has 1 aliphatic rings. The third-order valence-corrected chi connectivity index (χ3v) is 4.58. The minimum Gasteiger partial charge on any atom is -0.468 e. The Kier molecular flexibility index (Phi) is 4.78. The predicted molar refractivity (Wildman–Crippen MR) is 87.9 cm³/mol. The maximum absolute atomic E-state index is 5.66. The van der Waals surface area contributed by atoms with Gasteiger partial charge in [0.2, 0.25) is 0 Å². The summed E-state index contributed by atoms with van der Waals surface area (Å²) in [6.07, 6.45) is 4.43. The van der Waals surface area contributed by atoms with Crippen LogP contribution in [0.25, 0.3) is 0 Å². The first-order chi connectivity index (χ1) is 10.2. The molecular weight excluding hydrogens is 328 g/mol. The van der Waals surface area contributed by atoms with Crippen LogP contribution in [0, 0.1) is 0 Å². The molecule has 1 aromatic carbocycles. The molecule has 0 atom stereocenters. The number of hydrogen-bond donors (Lipinski definition) is 1. The highest BCUT2D eigenvalue weighted by Crippen LogP contribution is 2.22. The summed E-state index contributed by atoms with van der Waals surface area (Å²) in [7, 11) is 2.13. The zero-order valence-electron chi connectivity index (χ0n) is 12.3. The van der Waals surface area contributed by atoms with Gasteiger partial charge in [-0.3, -0.25) is 4.90 Å². The fourth-order valence-corrected chi connectivity index (χ4v) is 2.83. The first-order valence-electron chi connectivity index (χ1n) is 7.43. The Morgan fingerprint density at radius 3 is 2.76 bits per heavy atom. The van der Waals surface area contributed by atoms with Crippen molar-refractivity contribution in [1.29, 1.82) is 0 Å². The van der Waals surface area contributed by atoms with E-state index in [9.17, 15) is 0 Å². The molecule has 0 bridgehead atoms. The maximum Gasteiger partial charge on any atom is 0.122 e. The molecule has 0 radical (unpaired) electrons. The normalized spacial score (nSPS) is 14.8. The van der Waals surface area contributed by atoms with Gasteiger partial charge in [-0.15, -0.1) is 0 Å². The van der Waals surface area contributed by atoms with Crippen LogP contribution in [0.4, 0.5) is 0 Å². The summed E-state index contributed by atoms with van der Waals surface area (Å²) < 4.78 is 6.82. The fraction of sp³-hybridized carbons (Fsp3) is 0.412. The van der Waals surface area contributed by atoms with E-state index in [1.54, 1.807) is 6.26 Å². The maximum atomic E-state index is 5.66. The zero-order valence-corrected chi connectivity index (χ0v) is 13.9. The molecule has 0 unspecified atom stereocenters. The molecule has 21 heavy (non-hydrogen) atoms. The van der Waals surface area contributed by atoms with Crippen molar-refractivity contribution >= 4 is 15.9 Å². The second-order valence-electron chi connectivity index (χ2n) is 5.79. The Labute approximate surface area is 134 Å². The van der Waals surface area contributed by atoms with Gasteiger partial charge < -0.3 is 9.73 Å². The van der Waals surface area contributed by atoms with Gasteiger partial charge in [-0.25, -0.2) is 0 Å². The van der Waals surface area contributed by atoms with E-state index in [2.05, 4.69) is 57.5 Å².